The third-order valence-corrected chi connectivity index (χ3v) is 14.3. The van der Waals surface area contributed by atoms with Gasteiger partial charge in [-0.2, -0.15) is 0 Å². The Balaban J connectivity index is 1.21. The number of esters is 1. The maximum Gasteiger partial charge on any atom is 0.328 e. The highest BCUT2D eigenvalue weighted by atomic mass is 16.5. The first-order valence-corrected chi connectivity index (χ1v) is 20.8. The van der Waals surface area contributed by atoms with Crippen molar-refractivity contribution in [3.8, 4) is 0 Å². The lowest BCUT2D eigenvalue weighted by molar-refractivity contribution is -0.167. The van der Waals surface area contributed by atoms with E-state index >= 15 is 0 Å². The van der Waals surface area contributed by atoms with Gasteiger partial charge in [-0.25, -0.2) is 4.79 Å². The van der Waals surface area contributed by atoms with Gasteiger partial charge in [0.25, 0.3) is 0 Å². The highest BCUT2D eigenvalue weighted by Crippen LogP contribution is 2.68. The molecule has 0 unspecified atom stereocenters. The quantitative estimate of drug-likeness (QED) is 0.0692. The van der Waals surface area contributed by atoms with Gasteiger partial charge >= 0.3 is 5.97 Å². The Hall–Kier alpha value is -1.26. The van der Waals surface area contributed by atoms with Crippen molar-refractivity contribution in [2.45, 2.75) is 149 Å². The summed E-state index contributed by atoms with van der Waals surface area (Å²) in [6.45, 7) is 17.7. The standard InChI is InChI=1S/C41H77N5O4/c1-28(2)25-35(39(49)50-6)46-37(48)14-11-29(3)32-12-13-33-38-34(16-18-41(32,33)5)40(4)17-15-31(26-30(40)27-36(38)47)45-24-10-23-44-21-8-7-20-43-22-9-19-42/h28-36,38,43-45,47H,7-27,42H2,1-6H3,(H,46,48)/t29-,30+,31+,32-,33+,34+,35+,36-,38+,40+,41-/m1/s1. The van der Waals surface area contributed by atoms with E-state index in [1.807, 2.05) is 0 Å². The van der Waals surface area contributed by atoms with Gasteiger partial charge < -0.3 is 36.8 Å². The van der Waals surface area contributed by atoms with Gasteiger partial charge in [0.2, 0.25) is 5.91 Å². The van der Waals surface area contributed by atoms with Crippen LogP contribution >= 0.6 is 0 Å². The highest BCUT2D eigenvalue weighted by Gasteiger charge is 2.62. The van der Waals surface area contributed by atoms with Crippen LogP contribution in [-0.4, -0.2) is 81.5 Å². The number of amides is 1. The summed E-state index contributed by atoms with van der Waals surface area (Å²) in [5.74, 6) is 3.09. The van der Waals surface area contributed by atoms with Crippen LogP contribution in [0.4, 0.5) is 0 Å². The fourth-order valence-electron chi connectivity index (χ4n) is 11.5. The minimum Gasteiger partial charge on any atom is -0.467 e. The number of rotatable bonds is 21. The molecule has 1 amide bonds. The third kappa shape index (κ3) is 10.4. The Morgan fingerprint density at radius 3 is 2.20 bits per heavy atom. The molecule has 0 bridgehead atoms. The molecule has 0 saturated heterocycles. The van der Waals surface area contributed by atoms with E-state index in [1.54, 1.807) is 0 Å². The van der Waals surface area contributed by atoms with Crippen molar-refractivity contribution < 1.29 is 19.4 Å². The number of nitrogens with two attached hydrogens (primary N) is 1. The van der Waals surface area contributed by atoms with Crippen LogP contribution in [0.15, 0.2) is 0 Å². The van der Waals surface area contributed by atoms with E-state index in [0.29, 0.717) is 65.7 Å². The first-order valence-electron chi connectivity index (χ1n) is 20.8. The van der Waals surface area contributed by atoms with Crippen LogP contribution in [0.5, 0.6) is 0 Å². The van der Waals surface area contributed by atoms with E-state index in [0.717, 1.165) is 65.0 Å². The van der Waals surface area contributed by atoms with Crippen LogP contribution in [0.3, 0.4) is 0 Å². The molecule has 9 heteroatoms. The molecule has 290 valence electrons. The van der Waals surface area contributed by atoms with Crippen LogP contribution in [0.2, 0.25) is 0 Å². The Labute approximate surface area is 305 Å². The van der Waals surface area contributed by atoms with Crippen molar-refractivity contribution in [1.82, 2.24) is 21.3 Å². The van der Waals surface area contributed by atoms with Gasteiger partial charge in [-0.1, -0.05) is 34.6 Å². The first-order chi connectivity index (χ1) is 23.9. The largest absolute Gasteiger partial charge is 0.467 e. The van der Waals surface area contributed by atoms with Gasteiger partial charge in [-0.3, -0.25) is 4.79 Å². The first kappa shape index (κ1) is 41.5. The lowest BCUT2D eigenvalue weighted by Crippen LogP contribution is -2.59. The van der Waals surface area contributed by atoms with Gasteiger partial charge in [0.05, 0.1) is 13.2 Å². The van der Waals surface area contributed by atoms with E-state index in [1.165, 1.54) is 64.9 Å². The van der Waals surface area contributed by atoms with Gasteiger partial charge in [-0.15, -0.1) is 0 Å². The Morgan fingerprint density at radius 2 is 1.52 bits per heavy atom. The zero-order valence-corrected chi connectivity index (χ0v) is 32.9. The number of nitrogens with one attached hydrogen (secondary N) is 4. The molecule has 0 spiro atoms. The molecule has 4 saturated carbocycles. The zero-order valence-electron chi connectivity index (χ0n) is 32.9. The number of hydrogen-bond acceptors (Lipinski definition) is 8. The molecular weight excluding hydrogens is 626 g/mol. The van der Waals surface area contributed by atoms with Crippen LogP contribution in [-0.2, 0) is 14.3 Å². The molecule has 0 radical (unpaired) electrons. The van der Waals surface area contributed by atoms with Gasteiger partial charge in [0.15, 0.2) is 0 Å². The SMILES string of the molecule is COC(=O)[C@H](CC(C)C)NC(=O)CC[C@@H](C)[C@H]1CC[C@H]2[C@@H]3[C@H](O)C[C@@H]4C[C@@H](NCCCNCCCCNCCCN)CC[C@]4(C)[C@H]3CC[C@]12C. The highest BCUT2D eigenvalue weighted by molar-refractivity contribution is 5.84. The Kier molecular flexibility index (Phi) is 16.4. The van der Waals surface area contributed by atoms with Gasteiger partial charge in [0, 0.05) is 12.5 Å². The summed E-state index contributed by atoms with van der Waals surface area (Å²) in [6.07, 6.45) is 15.9. The van der Waals surface area contributed by atoms with Crippen molar-refractivity contribution in [3.05, 3.63) is 0 Å². The van der Waals surface area contributed by atoms with Gasteiger partial charge in [-0.05, 0) is 181 Å². The lowest BCUT2D eigenvalue weighted by atomic mass is 9.43. The zero-order chi connectivity index (χ0) is 36.3. The Morgan fingerprint density at radius 1 is 0.860 bits per heavy atom. The number of carbonyl (C=O) groups excluding carboxylic acids is 2. The van der Waals surface area contributed by atoms with Gasteiger partial charge in [0.1, 0.15) is 6.04 Å². The normalized spacial score (nSPS) is 34.8. The molecule has 4 fully saturated rings. The number of methoxy groups -OCH3 is 1. The summed E-state index contributed by atoms with van der Waals surface area (Å²) in [5.41, 5.74) is 6.10. The van der Waals surface area contributed by atoms with Crippen molar-refractivity contribution in [3.63, 3.8) is 0 Å². The number of ether oxygens (including phenoxy) is 1. The topological polar surface area (TPSA) is 138 Å². The molecule has 4 aliphatic carbocycles. The van der Waals surface area contributed by atoms with Crippen molar-refractivity contribution in [1.29, 1.82) is 0 Å². The molecule has 0 aliphatic heterocycles. The molecule has 7 N–H and O–H groups in total. The van der Waals surface area contributed by atoms with Crippen LogP contribution in [0.1, 0.15) is 131 Å². The molecule has 11 atom stereocenters. The molecule has 50 heavy (non-hydrogen) atoms. The Bertz CT molecular complexity index is 1040. The summed E-state index contributed by atoms with van der Waals surface area (Å²) in [4.78, 5) is 25.2. The minimum absolute atomic E-state index is 0.0477. The molecule has 4 aliphatic rings. The summed E-state index contributed by atoms with van der Waals surface area (Å²) in [5, 5.41) is 25.8. The second-order valence-corrected chi connectivity index (χ2v) is 17.9. The number of aliphatic hydroxyl groups is 1. The summed E-state index contributed by atoms with van der Waals surface area (Å²) in [6, 6.07) is 0.00474. The van der Waals surface area contributed by atoms with Crippen LogP contribution in [0.25, 0.3) is 0 Å². The van der Waals surface area contributed by atoms with Crippen molar-refractivity contribution in [2.24, 2.45) is 58.0 Å². The molecule has 0 aromatic carbocycles. The predicted molar refractivity (Wildman–Crippen MR) is 203 cm³/mol. The number of hydrogen-bond donors (Lipinski definition) is 6. The second-order valence-electron chi connectivity index (χ2n) is 17.9. The van der Waals surface area contributed by atoms with E-state index in [2.05, 4.69) is 55.9 Å². The maximum absolute atomic E-state index is 13.0. The fourth-order valence-corrected chi connectivity index (χ4v) is 11.5. The molecule has 0 aromatic heterocycles. The molecular formula is C41H77N5O4. The molecule has 4 rings (SSSR count). The second kappa shape index (κ2) is 19.7. The number of unbranched alkanes of at least 4 members (excludes halogenated alkanes) is 1. The average molecular weight is 704 g/mol. The molecule has 0 heterocycles. The fraction of sp³-hybridized carbons (Fsp3) is 0.951. The summed E-state index contributed by atoms with van der Waals surface area (Å²) < 4.78 is 4.95. The number of carbonyl (C=O) groups is 2. The number of aliphatic hydroxyl groups excluding tert-OH is 1. The average Bonchev–Trinajstić information content (AvgIpc) is 3.44. The van der Waals surface area contributed by atoms with Crippen LogP contribution < -0.4 is 27.0 Å². The molecule has 9 nitrogen and oxygen atoms in total. The predicted octanol–water partition coefficient (Wildman–Crippen LogP) is 5.39. The summed E-state index contributed by atoms with van der Waals surface area (Å²) >= 11 is 0. The third-order valence-electron chi connectivity index (χ3n) is 14.3. The summed E-state index contributed by atoms with van der Waals surface area (Å²) in [7, 11) is 1.39. The number of fused-ring (bicyclic) bond motifs is 5. The maximum atomic E-state index is 13.0. The van der Waals surface area contributed by atoms with E-state index in [4.69, 9.17) is 10.5 Å². The monoisotopic (exact) mass is 704 g/mol. The minimum atomic E-state index is -0.572. The molecule has 0 aromatic rings. The lowest BCUT2D eigenvalue weighted by Gasteiger charge is -2.62. The van der Waals surface area contributed by atoms with E-state index in [9.17, 15) is 14.7 Å². The van der Waals surface area contributed by atoms with Crippen LogP contribution in [0, 0.1) is 52.3 Å². The van der Waals surface area contributed by atoms with Crippen molar-refractivity contribution in [2.75, 3.05) is 46.4 Å². The van der Waals surface area contributed by atoms with E-state index < -0.39 is 6.04 Å². The van der Waals surface area contributed by atoms with E-state index in [-0.39, 0.29) is 23.4 Å². The smallest absolute Gasteiger partial charge is 0.328 e. The van der Waals surface area contributed by atoms with Crippen molar-refractivity contribution >= 4 is 11.9 Å².